The van der Waals surface area contributed by atoms with E-state index in [4.69, 9.17) is 9.15 Å². The molecule has 0 spiro atoms. The third-order valence-corrected chi connectivity index (χ3v) is 3.27. The third kappa shape index (κ3) is 6.20. The van der Waals surface area contributed by atoms with E-state index < -0.39 is 23.6 Å². The van der Waals surface area contributed by atoms with Crippen molar-refractivity contribution in [3.63, 3.8) is 0 Å². The largest absolute Gasteiger partial charge is 0.497 e. The average molecular weight is 374 g/mol. The van der Waals surface area contributed by atoms with Gasteiger partial charge in [0.1, 0.15) is 5.75 Å². The van der Waals surface area contributed by atoms with E-state index in [1.165, 1.54) is 31.6 Å². The molecule has 0 unspecified atom stereocenters. The highest BCUT2D eigenvalue weighted by atomic mass is 16.5. The molecule has 10 nitrogen and oxygen atoms in total. The van der Waals surface area contributed by atoms with Crippen molar-refractivity contribution >= 4 is 23.6 Å². The van der Waals surface area contributed by atoms with Gasteiger partial charge in [-0.2, -0.15) is 0 Å². The molecule has 0 bridgehead atoms. The Morgan fingerprint density at radius 1 is 0.889 bits per heavy atom. The van der Waals surface area contributed by atoms with Crippen LogP contribution in [0.25, 0.3) is 0 Å². The van der Waals surface area contributed by atoms with Crippen LogP contribution in [0.2, 0.25) is 0 Å². The molecule has 4 amide bonds. The number of hydrogen-bond donors (Lipinski definition) is 4. The number of hydrazine groups is 1. The Morgan fingerprint density at radius 2 is 1.59 bits per heavy atom. The molecule has 1 heterocycles. The maximum absolute atomic E-state index is 11.9. The zero-order valence-corrected chi connectivity index (χ0v) is 14.4. The molecule has 27 heavy (non-hydrogen) atoms. The number of benzene rings is 1. The summed E-state index contributed by atoms with van der Waals surface area (Å²) in [5.74, 6) is -1.62. The predicted molar refractivity (Wildman–Crippen MR) is 92.7 cm³/mol. The summed E-state index contributed by atoms with van der Waals surface area (Å²) in [6, 6.07) is 9.27. The molecule has 2 aromatic rings. The van der Waals surface area contributed by atoms with Gasteiger partial charge in [0.2, 0.25) is 5.91 Å². The molecular weight excluding hydrogens is 356 g/mol. The second-order valence-corrected chi connectivity index (χ2v) is 5.17. The first-order valence-electron chi connectivity index (χ1n) is 7.81. The van der Waals surface area contributed by atoms with Gasteiger partial charge in [0.05, 0.1) is 26.5 Å². The maximum Gasteiger partial charge on any atom is 0.287 e. The van der Waals surface area contributed by atoms with Gasteiger partial charge < -0.3 is 19.8 Å². The summed E-state index contributed by atoms with van der Waals surface area (Å²) < 4.78 is 9.86. The number of hydrogen-bond acceptors (Lipinski definition) is 6. The van der Waals surface area contributed by atoms with Crippen LogP contribution in [0, 0.1) is 0 Å². The van der Waals surface area contributed by atoms with E-state index in [2.05, 4.69) is 21.5 Å². The van der Waals surface area contributed by atoms with Crippen LogP contribution in [0.1, 0.15) is 20.9 Å². The maximum atomic E-state index is 11.9. The van der Waals surface area contributed by atoms with Gasteiger partial charge in [-0.05, 0) is 36.4 Å². The zero-order chi connectivity index (χ0) is 19.6. The van der Waals surface area contributed by atoms with Crippen LogP contribution in [-0.4, -0.2) is 43.8 Å². The van der Waals surface area contributed by atoms with Gasteiger partial charge in [0, 0.05) is 5.56 Å². The highest BCUT2D eigenvalue weighted by Crippen LogP contribution is 2.10. The van der Waals surface area contributed by atoms with E-state index in [1.807, 2.05) is 0 Å². The molecule has 0 aliphatic rings. The van der Waals surface area contributed by atoms with Gasteiger partial charge in [0.25, 0.3) is 17.7 Å². The molecule has 2 rings (SSSR count). The van der Waals surface area contributed by atoms with Crippen LogP contribution < -0.4 is 26.2 Å². The van der Waals surface area contributed by atoms with E-state index in [0.717, 1.165) is 0 Å². The minimum atomic E-state index is -0.637. The van der Waals surface area contributed by atoms with Crippen LogP contribution in [0.5, 0.6) is 5.75 Å². The normalized spacial score (nSPS) is 9.81. The van der Waals surface area contributed by atoms with E-state index >= 15 is 0 Å². The predicted octanol–water partition coefficient (Wildman–Crippen LogP) is -0.405. The second-order valence-electron chi connectivity index (χ2n) is 5.17. The number of nitrogens with one attached hydrogen (secondary N) is 4. The molecule has 0 saturated heterocycles. The Bertz CT molecular complexity index is 801. The van der Waals surface area contributed by atoms with Gasteiger partial charge in [0.15, 0.2) is 5.76 Å². The molecule has 10 heteroatoms. The van der Waals surface area contributed by atoms with E-state index in [0.29, 0.717) is 11.3 Å². The van der Waals surface area contributed by atoms with Gasteiger partial charge >= 0.3 is 0 Å². The van der Waals surface area contributed by atoms with E-state index in [-0.39, 0.29) is 18.8 Å². The van der Waals surface area contributed by atoms with Crippen LogP contribution in [0.3, 0.4) is 0 Å². The van der Waals surface area contributed by atoms with Crippen molar-refractivity contribution < 1.29 is 28.3 Å². The highest BCUT2D eigenvalue weighted by Gasteiger charge is 2.12. The monoisotopic (exact) mass is 374 g/mol. The topological polar surface area (TPSA) is 139 Å². The Kier molecular flexibility index (Phi) is 6.94. The van der Waals surface area contributed by atoms with Gasteiger partial charge in [-0.3, -0.25) is 30.0 Å². The summed E-state index contributed by atoms with van der Waals surface area (Å²) in [6.45, 7) is -0.705. The molecule has 0 fully saturated rings. The van der Waals surface area contributed by atoms with Crippen molar-refractivity contribution in [3.8, 4) is 5.75 Å². The lowest BCUT2D eigenvalue weighted by molar-refractivity contribution is -0.125. The zero-order valence-electron chi connectivity index (χ0n) is 14.4. The molecule has 0 saturated carbocycles. The lowest BCUT2D eigenvalue weighted by Gasteiger charge is -2.09. The van der Waals surface area contributed by atoms with Gasteiger partial charge in [-0.25, -0.2) is 0 Å². The van der Waals surface area contributed by atoms with Crippen molar-refractivity contribution in [1.29, 1.82) is 0 Å². The summed E-state index contributed by atoms with van der Waals surface area (Å²) in [5, 5.41) is 4.63. The minimum absolute atomic E-state index is 0.0711. The number of methoxy groups -OCH3 is 1. The van der Waals surface area contributed by atoms with Crippen molar-refractivity contribution in [1.82, 2.24) is 21.5 Å². The van der Waals surface area contributed by atoms with Crippen LogP contribution >= 0.6 is 0 Å². The first-order chi connectivity index (χ1) is 13.0. The average Bonchev–Trinajstić information content (AvgIpc) is 3.23. The molecule has 4 N–H and O–H groups in total. The molecule has 0 aliphatic carbocycles. The number of carbonyl (C=O) groups excluding carboxylic acids is 4. The van der Waals surface area contributed by atoms with Gasteiger partial charge in [-0.1, -0.05) is 0 Å². The number of carbonyl (C=O) groups is 4. The molecule has 0 aliphatic heterocycles. The molecular formula is C17H18N4O6. The molecule has 142 valence electrons. The Hall–Kier alpha value is -3.82. The summed E-state index contributed by atoms with van der Waals surface area (Å²) in [4.78, 5) is 46.7. The lowest BCUT2D eigenvalue weighted by atomic mass is 10.2. The Labute approximate surface area is 154 Å². The number of amides is 4. The van der Waals surface area contributed by atoms with Crippen molar-refractivity contribution in [3.05, 3.63) is 54.0 Å². The second kappa shape index (κ2) is 9.61. The first kappa shape index (κ1) is 19.5. The summed E-state index contributed by atoms with van der Waals surface area (Å²) >= 11 is 0. The molecule has 0 atom stereocenters. The lowest BCUT2D eigenvalue weighted by Crippen LogP contribution is -2.47. The quantitative estimate of drug-likeness (QED) is 0.486. The fourth-order valence-corrected chi connectivity index (χ4v) is 1.88. The van der Waals surface area contributed by atoms with Crippen molar-refractivity contribution in [2.75, 3.05) is 20.2 Å². The Morgan fingerprint density at radius 3 is 2.22 bits per heavy atom. The minimum Gasteiger partial charge on any atom is -0.497 e. The number of rotatable bonds is 7. The van der Waals surface area contributed by atoms with Crippen molar-refractivity contribution in [2.45, 2.75) is 0 Å². The molecule has 1 aromatic heterocycles. The van der Waals surface area contributed by atoms with E-state index in [9.17, 15) is 19.2 Å². The van der Waals surface area contributed by atoms with Crippen molar-refractivity contribution in [2.24, 2.45) is 0 Å². The standard InChI is InChI=1S/C17H18N4O6/c1-26-12-6-4-11(5-7-12)16(24)21-20-15(23)10-18-14(22)9-19-17(25)13-3-2-8-27-13/h2-8H,9-10H2,1H3,(H,18,22)(H,19,25)(H,20,23)(H,21,24). The fraction of sp³-hybridized carbons (Fsp3) is 0.176. The summed E-state index contributed by atoms with van der Waals surface area (Å²) in [7, 11) is 1.51. The first-order valence-corrected chi connectivity index (χ1v) is 7.81. The molecule has 1 aromatic carbocycles. The van der Waals surface area contributed by atoms with Crippen LogP contribution in [0.15, 0.2) is 47.1 Å². The summed E-state index contributed by atoms with van der Waals surface area (Å²) in [6.07, 6.45) is 1.33. The smallest absolute Gasteiger partial charge is 0.287 e. The Balaban J connectivity index is 1.65. The third-order valence-electron chi connectivity index (χ3n) is 3.27. The number of furan rings is 1. The van der Waals surface area contributed by atoms with Crippen LogP contribution in [0.4, 0.5) is 0 Å². The highest BCUT2D eigenvalue weighted by molar-refractivity contribution is 5.96. The molecule has 0 radical (unpaired) electrons. The van der Waals surface area contributed by atoms with Crippen LogP contribution in [-0.2, 0) is 9.59 Å². The van der Waals surface area contributed by atoms with Gasteiger partial charge in [-0.15, -0.1) is 0 Å². The fourth-order valence-electron chi connectivity index (χ4n) is 1.88. The SMILES string of the molecule is COc1ccc(C(=O)NNC(=O)CNC(=O)CNC(=O)c2ccco2)cc1. The number of ether oxygens (including phenoxy) is 1. The van der Waals surface area contributed by atoms with E-state index in [1.54, 1.807) is 18.2 Å². The summed E-state index contributed by atoms with van der Waals surface area (Å²) in [5.41, 5.74) is 4.70.